The number of amides is 1. The molecule has 0 heterocycles. The second-order valence-electron chi connectivity index (χ2n) is 5.35. The van der Waals surface area contributed by atoms with Crippen molar-refractivity contribution in [2.75, 3.05) is 32.8 Å². The Morgan fingerprint density at radius 1 is 1.12 bits per heavy atom. The average Bonchev–Trinajstić information content (AvgIpc) is 2.60. The molecule has 1 unspecified atom stereocenters. The number of guanidine groups is 1. The van der Waals surface area contributed by atoms with Crippen LogP contribution in [0.1, 0.15) is 38.9 Å². The molecule has 0 radical (unpaired) electrons. The van der Waals surface area contributed by atoms with Gasteiger partial charge in [-0.1, -0.05) is 30.3 Å². The molecular formula is C18H30N4O2. The Balaban J connectivity index is 2.25. The van der Waals surface area contributed by atoms with Gasteiger partial charge in [0, 0.05) is 26.2 Å². The highest BCUT2D eigenvalue weighted by molar-refractivity contribution is 5.84. The molecule has 1 aromatic rings. The summed E-state index contributed by atoms with van der Waals surface area (Å²) in [6.45, 7) is 8.85. The van der Waals surface area contributed by atoms with Crippen molar-refractivity contribution in [2.45, 2.75) is 33.3 Å². The maximum absolute atomic E-state index is 11.4. The summed E-state index contributed by atoms with van der Waals surface area (Å²) in [6.07, 6.45) is 0.953. The Morgan fingerprint density at radius 3 is 2.50 bits per heavy atom. The van der Waals surface area contributed by atoms with Crippen LogP contribution < -0.4 is 16.0 Å². The first-order valence-electron chi connectivity index (χ1n) is 8.62. The van der Waals surface area contributed by atoms with Crippen molar-refractivity contribution in [1.82, 2.24) is 16.0 Å². The molecular weight excluding hydrogens is 304 g/mol. The summed E-state index contributed by atoms with van der Waals surface area (Å²) in [5.41, 5.74) is 1.18. The molecule has 1 aromatic carbocycles. The lowest BCUT2D eigenvalue weighted by molar-refractivity contribution is -0.119. The molecule has 134 valence electrons. The van der Waals surface area contributed by atoms with E-state index in [1.54, 1.807) is 0 Å². The maximum atomic E-state index is 11.4. The van der Waals surface area contributed by atoms with Gasteiger partial charge in [-0.25, -0.2) is 4.99 Å². The van der Waals surface area contributed by atoms with E-state index >= 15 is 0 Å². The van der Waals surface area contributed by atoms with E-state index < -0.39 is 0 Å². The maximum Gasteiger partial charge on any atom is 0.241 e. The van der Waals surface area contributed by atoms with E-state index in [0.717, 1.165) is 19.5 Å². The second-order valence-corrected chi connectivity index (χ2v) is 5.35. The van der Waals surface area contributed by atoms with Crippen molar-refractivity contribution in [3.8, 4) is 0 Å². The average molecular weight is 334 g/mol. The van der Waals surface area contributed by atoms with Gasteiger partial charge >= 0.3 is 0 Å². The van der Waals surface area contributed by atoms with Crippen LogP contribution in [0.4, 0.5) is 0 Å². The monoisotopic (exact) mass is 334 g/mol. The molecule has 6 nitrogen and oxygen atoms in total. The summed E-state index contributed by atoms with van der Waals surface area (Å²) >= 11 is 0. The number of hydrogen-bond acceptors (Lipinski definition) is 3. The minimum Gasteiger partial charge on any atom is -0.374 e. The van der Waals surface area contributed by atoms with Crippen LogP contribution in [-0.2, 0) is 9.53 Å². The van der Waals surface area contributed by atoms with Crippen molar-refractivity contribution in [1.29, 1.82) is 0 Å². The highest BCUT2D eigenvalue weighted by Crippen LogP contribution is 2.15. The van der Waals surface area contributed by atoms with Crippen molar-refractivity contribution in [3.05, 3.63) is 35.9 Å². The topological polar surface area (TPSA) is 74.8 Å². The first kappa shape index (κ1) is 20.0. The fourth-order valence-electron chi connectivity index (χ4n) is 2.11. The predicted molar refractivity (Wildman–Crippen MR) is 98.1 cm³/mol. The standard InChI is InChI=1S/C18H30N4O2/c1-4-19-17(23)14-22-18(20-5-2)21-12-9-13-24-15(3)16-10-7-6-8-11-16/h6-8,10-11,15H,4-5,9,12-14H2,1-3H3,(H,19,23)(H2,20,21,22). The van der Waals surface area contributed by atoms with Gasteiger partial charge in [0.2, 0.25) is 5.91 Å². The van der Waals surface area contributed by atoms with Crippen LogP contribution in [0.3, 0.4) is 0 Å². The molecule has 1 rings (SSSR count). The quantitative estimate of drug-likeness (QED) is 0.347. The first-order chi connectivity index (χ1) is 11.7. The SMILES string of the molecule is CCNC(=O)CN=C(NCC)NCCCOC(C)c1ccccc1. The Hall–Kier alpha value is -2.08. The van der Waals surface area contributed by atoms with Gasteiger partial charge < -0.3 is 20.7 Å². The summed E-state index contributed by atoms with van der Waals surface area (Å²) in [4.78, 5) is 15.7. The largest absolute Gasteiger partial charge is 0.374 e. The number of ether oxygens (including phenoxy) is 1. The lowest BCUT2D eigenvalue weighted by Crippen LogP contribution is -2.39. The van der Waals surface area contributed by atoms with Crippen molar-refractivity contribution >= 4 is 11.9 Å². The van der Waals surface area contributed by atoms with E-state index in [1.165, 1.54) is 5.56 Å². The van der Waals surface area contributed by atoms with Gasteiger partial charge in [-0.05, 0) is 32.8 Å². The lowest BCUT2D eigenvalue weighted by atomic mass is 10.1. The molecule has 24 heavy (non-hydrogen) atoms. The minimum absolute atomic E-state index is 0.0743. The van der Waals surface area contributed by atoms with Gasteiger partial charge in [0.05, 0.1) is 6.10 Å². The molecule has 0 saturated heterocycles. The van der Waals surface area contributed by atoms with Crippen LogP contribution in [0.25, 0.3) is 0 Å². The van der Waals surface area contributed by atoms with Crippen LogP contribution in [0.2, 0.25) is 0 Å². The van der Waals surface area contributed by atoms with E-state index in [2.05, 4.69) is 40.0 Å². The number of rotatable bonds is 10. The Morgan fingerprint density at radius 2 is 1.83 bits per heavy atom. The molecule has 0 saturated carbocycles. The van der Waals surface area contributed by atoms with Gasteiger partial charge in [0.25, 0.3) is 0 Å². The summed E-state index contributed by atoms with van der Waals surface area (Å²) < 4.78 is 5.84. The van der Waals surface area contributed by atoms with E-state index in [4.69, 9.17) is 4.74 Å². The number of aliphatic imine (C=N–C) groups is 1. The number of carbonyl (C=O) groups excluding carboxylic acids is 1. The van der Waals surface area contributed by atoms with Gasteiger partial charge in [-0.2, -0.15) is 0 Å². The van der Waals surface area contributed by atoms with Crippen LogP contribution >= 0.6 is 0 Å². The zero-order valence-electron chi connectivity index (χ0n) is 15.0. The number of nitrogens with zero attached hydrogens (tertiary/aromatic N) is 1. The van der Waals surface area contributed by atoms with Gasteiger partial charge in [0.15, 0.2) is 5.96 Å². The molecule has 1 atom stereocenters. The molecule has 0 aliphatic heterocycles. The third-order valence-corrected chi connectivity index (χ3v) is 3.35. The lowest BCUT2D eigenvalue weighted by Gasteiger charge is -2.14. The fraction of sp³-hybridized carbons (Fsp3) is 0.556. The van der Waals surface area contributed by atoms with E-state index in [1.807, 2.05) is 32.0 Å². The third-order valence-electron chi connectivity index (χ3n) is 3.35. The van der Waals surface area contributed by atoms with Gasteiger partial charge in [-0.15, -0.1) is 0 Å². The highest BCUT2D eigenvalue weighted by atomic mass is 16.5. The number of hydrogen-bond donors (Lipinski definition) is 3. The fourth-order valence-corrected chi connectivity index (χ4v) is 2.11. The predicted octanol–water partition coefficient (Wildman–Crippen LogP) is 1.85. The number of benzene rings is 1. The Kier molecular flexibility index (Phi) is 10.3. The van der Waals surface area contributed by atoms with Crippen LogP contribution in [0.15, 0.2) is 35.3 Å². The first-order valence-corrected chi connectivity index (χ1v) is 8.62. The third kappa shape index (κ3) is 8.53. The summed E-state index contributed by atoms with van der Waals surface area (Å²) in [5, 5.41) is 9.06. The second kappa shape index (κ2) is 12.4. The molecule has 0 spiro atoms. The van der Waals surface area contributed by atoms with E-state index in [-0.39, 0.29) is 18.6 Å². The van der Waals surface area contributed by atoms with E-state index in [0.29, 0.717) is 19.1 Å². The van der Waals surface area contributed by atoms with Crippen LogP contribution in [0.5, 0.6) is 0 Å². The molecule has 0 bridgehead atoms. The smallest absolute Gasteiger partial charge is 0.241 e. The Labute approximate surface area is 145 Å². The van der Waals surface area contributed by atoms with Crippen molar-refractivity contribution < 1.29 is 9.53 Å². The highest BCUT2D eigenvalue weighted by Gasteiger charge is 2.04. The molecule has 0 aliphatic rings. The number of nitrogens with one attached hydrogen (secondary N) is 3. The van der Waals surface area contributed by atoms with Crippen molar-refractivity contribution in [2.24, 2.45) is 4.99 Å². The zero-order chi connectivity index (χ0) is 17.6. The Bertz CT molecular complexity index is 491. The molecule has 0 aromatic heterocycles. The number of likely N-dealkylation sites (N-methyl/N-ethyl adjacent to an activating group) is 1. The van der Waals surface area contributed by atoms with Crippen LogP contribution in [0, 0.1) is 0 Å². The van der Waals surface area contributed by atoms with Gasteiger partial charge in [0.1, 0.15) is 6.54 Å². The molecule has 6 heteroatoms. The molecule has 0 fully saturated rings. The van der Waals surface area contributed by atoms with Crippen molar-refractivity contribution in [3.63, 3.8) is 0 Å². The number of carbonyl (C=O) groups is 1. The molecule has 3 N–H and O–H groups in total. The van der Waals surface area contributed by atoms with Crippen LogP contribution in [-0.4, -0.2) is 44.7 Å². The normalized spacial score (nSPS) is 12.5. The molecule has 1 amide bonds. The van der Waals surface area contributed by atoms with E-state index in [9.17, 15) is 4.79 Å². The zero-order valence-corrected chi connectivity index (χ0v) is 15.0. The minimum atomic E-state index is -0.0743. The summed E-state index contributed by atoms with van der Waals surface area (Å²) in [6, 6.07) is 10.2. The molecule has 0 aliphatic carbocycles. The van der Waals surface area contributed by atoms with Gasteiger partial charge in [-0.3, -0.25) is 4.79 Å². The summed E-state index contributed by atoms with van der Waals surface area (Å²) in [5.74, 6) is 0.578. The summed E-state index contributed by atoms with van der Waals surface area (Å²) in [7, 11) is 0.